The number of fused-ring (bicyclic) bond motifs is 5. The van der Waals surface area contributed by atoms with Crippen LogP contribution in [0.4, 0.5) is 17.1 Å². The molecule has 272 valence electrons. The van der Waals surface area contributed by atoms with E-state index in [1.807, 2.05) is 115 Å². The number of benzene rings is 10. The molecule has 1 aromatic heterocycles. The van der Waals surface area contributed by atoms with Crippen molar-refractivity contribution < 1.29 is 15.4 Å². The molecule has 1 heterocycles. The van der Waals surface area contributed by atoms with Gasteiger partial charge in [0.15, 0.2) is 0 Å². The van der Waals surface area contributed by atoms with Crippen LogP contribution in [-0.4, -0.2) is 0 Å². The Morgan fingerprint density at radius 2 is 0.862 bits per heavy atom. The lowest BCUT2D eigenvalue weighted by Gasteiger charge is -2.26. The molecule has 0 unspecified atom stereocenters. The third-order valence-corrected chi connectivity index (χ3v) is 10.8. The summed E-state index contributed by atoms with van der Waals surface area (Å²) in [5.74, 6) is 0. The molecule has 0 aliphatic carbocycles. The van der Waals surface area contributed by atoms with Gasteiger partial charge in [-0.2, -0.15) is 0 Å². The zero-order valence-corrected chi connectivity index (χ0v) is 31.1. The second kappa shape index (κ2) is 14.1. The van der Waals surface area contributed by atoms with Crippen LogP contribution in [0.3, 0.4) is 0 Å². The quantitative estimate of drug-likeness (QED) is 0.161. The van der Waals surface area contributed by atoms with Crippen molar-refractivity contribution in [2.24, 2.45) is 0 Å². The maximum atomic E-state index is 9.62. The lowest BCUT2D eigenvalue weighted by atomic mass is 9.97. The summed E-state index contributed by atoms with van der Waals surface area (Å²) in [4.78, 5) is 1.34. The van der Waals surface area contributed by atoms with E-state index in [2.05, 4.69) is 24.3 Å². The molecule has 0 radical (unpaired) electrons. The highest BCUT2D eigenvalue weighted by atomic mass is 16.3. The van der Waals surface area contributed by atoms with Crippen LogP contribution >= 0.6 is 0 Å². The molecule has 0 saturated carbocycles. The van der Waals surface area contributed by atoms with E-state index in [4.69, 9.17) is 4.42 Å². The van der Waals surface area contributed by atoms with Crippen molar-refractivity contribution in [1.29, 1.82) is 0 Å². The van der Waals surface area contributed by atoms with Crippen molar-refractivity contribution in [3.8, 4) is 44.5 Å². The predicted octanol–water partition coefficient (Wildman–Crippen LogP) is 16.0. The Kier molecular flexibility index (Phi) is 6.38. The van der Waals surface area contributed by atoms with Gasteiger partial charge in [0.1, 0.15) is 11.2 Å². The first kappa shape index (κ1) is 26.2. The van der Waals surface area contributed by atoms with E-state index < -0.39 is 24.2 Å². The van der Waals surface area contributed by atoms with Crippen LogP contribution in [0.1, 0.15) is 11.0 Å². The predicted molar refractivity (Wildman–Crippen MR) is 245 cm³/mol. The molecule has 2 heteroatoms. The molecule has 0 atom stereocenters. The minimum absolute atomic E-state index is 0.0340. The second-order valence-corrected chi connectivity index (χ2v) is 14.3. The average Bonchev–Trinajstić information content (AvgIpc) is 3.74. The SMILES string of the molecule is [2H]c1c([2H])c(N(c2ccc(-c3cccc4ccccc34)cc2)c2c([2H])c([2H])c(-c3cccc4c3oc3ccccc34)c([2H])c2[2H])c([2H])c([2H])c1-c1ccc(-c2ccc3ccccc3c2)cc1. The van der Waals surface area contributed by atoms with E-state index in [-0.39, 0.29) is 46.7 Å². The third kappa shape index (κ3) is 6.00. The lowest BCUT2D eigenvalue weighted by molar-refractivity contribution is 0.670. The smallest absolute Gasteiger partial charge is 0.143 e. The van der Waals surface area contributed by atoms with Gasteiger partial charge in [-0.05, 0) is 109 Å². The van der Waals surface area contributed by atoms with Crippen LogP contribution < -0.4 is 4.90 Å². The highest BCUT2D eigenvalue weighted by Gasteiger charge is 2.16. The summed E-state index contributed by atoms with van der Waals surface area (Å²) in [5, 5.41) is 5.95. The number of hydrogen-bond donors (Lipinski definition) is 0. The highest BCUT2D eigenvalue weighted by Crippen LogP contribution is 2.41. The van der Waals surface area contributed by atoms with Gasteiger partial charge in [0.25, 0.3) is 0 Å². The molecule has 11 rings (SSSR count). The van der Waals surface area contributed by atoms with E-state index in [0.717, 1.165) is 54.6 Å². The van der Waals surface area contributed by atoms with E-state index >= 15 is 0 Å². The molecule has 0 spiro atoms. The molecule has 0 fully saturated rings. The summed E-state index contributed by atoms with van der Waals surface area (Å²) in [6, 6.07) is 53.0. The Morgan fingerprint density at radius 3 is 1.62 bits per heavy atom. The first-order valence-electron chi connectivity index (χ1n) is 23.2. The largest absolute Gasteiger partial charge is 0.455 e. The summed E-state index contributed by atoms with van der Waals surface area (Å²) >= 11 is 0. The van der Waals surface area contributed by atoms with Crippen molar-refractivity contribution in [1.82, 2.24) is 0 Å². The van der Waals surface area contributed by atoms with Gasteiger partial charge >= 0.3 is 0 Å². The van der Waals surface area contributed by atoms with Crippen molar-refractivity contribution in [2.75, 3.05) is 4.90 Å². The van der Waals surface area contributed by atoms with E-state index in [1.165, 1.54) is 4.90 Å². The summed E-state index contributed by atoms with van der Waals surface area (Å²) in [6.45, 7) is 0. The molecular weight excluding hydrogens is 703 g/mol. The minimum atomic E-state index is -0.428. The number of anilines is 3. The molecule has 0 aliphatic heterocycles. The van der Waals surface area contributed by atoms with Gasteiger partial charge in [-0.25, -0.2) is 0 Å². The zero-order chi connectivity index (χ0) is 45.4. The van der Waals surface area contributed by atoms with E-state index in [1.54, 1.807) is 36.4 Å². The molecule has 0 N–H and O–H groups in total. The molecule has 0 aliphatic rings. The van der Waals surface area contributed by atoms with Crippen LogP contribution in [0, 0.1) is 0 Å². The normalized spacial score (nSPS) is 13.4. The maximum absolute atomic E-state index is 9.62. The molecule has 11 aromatic rings. The fraction of sp³-hybridized carbons (Fsp3) is 0. The summed E-state index contributed by atoms with van der Waals surface area (Å²) in [6.07, 6.45) is 0. The molecule has 0 bridgehead atoms. The van der Waals surface area contributed by atoms with Crippen LogP contribution in [0.2, 0.25) is 0 Å². The zero-order valence-electron chi connectivity index (χ0n) is 39.1. The second-order valence-electron chi connectivity index (χ2n) is 14.3. The van der Waals surface area contributed by atoms with Gasteiger partial charge in [0.2, 0.25) is 0 Å². The summed E-state index contributed by atoms with van der Waals surface area (Å²) in [7, 11) is 0. The van der Waals surface area contributed by atoms with E-state index in [9.17, 15) is 11.0 Å². The van der Waals surface area contributed by atoms with Gasteiger partial charge in [0, 0.05) is 33.4 Å². The molecule has 0 amide bonds. The van der Waals surface area contributed by atoms with Gasteiger partial charge in [-0.1, -0.05) is 176 Å². The van der Waals surface area contributed by atoms with Crippen molar-refractivity contribution in [2.45, 2.75) is 0 Å². The minimum Gasteiger partial charge on any atom is -0.455 e. The summed E-state index contributed by atoms with van der Waals surface area (Å²) < 4.78 is 82.5. The molecule has 2 nitrogen and oxygen atoms in total. The number of furan rings is 1. The number of para-hydroxylation sites is 2. The van der Waals surface area contributed by atoms with E-state index in [0.29, 0.717) is 28.0 Å². The highest BCUT2D eigenvalue weighted by molar-refractivity contribution is 6.09. The van der Waals surface area contributed by atoms with Crippen molar-refractivity contribution in [3.63, 3.8) is 0 Å². The standard InChI is InChI=1S/C56H37NO/c1-2-11-45-37-46(24-23-38(45)9-1)41-21-19-39(20-22-41)40-25-31-47(32-26-40)57(48-33-27-43(28-34-48)51-15-7-12-42-10-3-4-13-50(42)51)49-35-29-44(30-36-49)52-16-8-17-54-53-14-5-6-18-55(53)58-56(52)54/h1-37H/i25D,26D,29D,30D,31D,32D,35D,36D. The van der Waals surface area contributed by atoms with Crippen molar-refractivity contribution in [3.05, 3.63) is 224 Å². The Morgan fingerprint density at radius 1 is 0.328 bits per heavy atom. The van der Waals surface area contributed by atoms with Crippen LogP contribution in [0.25, 0.3) is 88.0 Å². The number of rotatable bonds is 7. The van der Waals surface area contributed by atoms with Gasteiger partial charge < -0.3 is 9.32 Å². The fourth-order valence-electron chi connectivity index (χ4n) is 7.89. The maximum Gasteiger partial charge on any atom is 0.143 e. The Labute approximate surface area is 348 Å². The number of nitrogens with zero attached hydrogens (tertiary/aromatic N) is 1. The summed E-state index contributed by atoms with van der Waals surface area (Å²) in [5.41, 5.74) is 5.70. The third-order valence-electron chi connectivity index (χ3n) is 10.8. The van der Waals surface area contributed by atoms with Crippen molar-refractivity contribution >= 4 is 60.5 Å². The van der Waals surface area contributed by atoms with Gasteiger partial charge in [-0.3, -0.25) is 0 Å². The van der Waals surface area contributed by atoms with Crippen LogP contribution in [0.5, 0.6) is 0 Å². The first-order chi connectivity index (χ1) is 32.1. The van der Waals surface area contributed by atoms with Crippen LogP contribution in [0.15, 0.2) is 229 Å². The lowest BCUT2D eigenvalue weighted by Crippen LogP contribution is -2.09. The number of hydrogen-bond acceptors (Lipinski definition) is 2. The Balaban J connectivity index is 1.08. The molecule has 0 saturated heterocycles. The topological polar surface area (TPSA) is 16.4 Å². The molecule has 58 heavy (non-hydrogen) atoms. The Bertz CT molecular complexity index is 3690. The Hall–Kier alpha value is -7.68. The average molecular weight is 748 g/mol. The van der Waals surface area contributed by atoms with Gasteiger partial charge in [-0.15, -0.1) is 0 Å². The van der Waals surface area contributed by atoms with Crippen LogP contribution in [-0.2, 0) is 0 Å². The van der Waals surface area contributed by atoms with Gasteiger partial charge in [0.05, 0.1) is 11.0 Å². The molecule has 10 aromatic carbocycles. The fourth-order valence-corrected chi connectivity index (χ4v) is 7.89. The molecular formula is C56H37NO. The first-order valence-corrected chi connectivity index (χ1v) is 19.2. The monoisotopic (exact) mass is 747 g/mol.